The van der Waals surface area contributed by atoms with Gasteiger partial charge in [0.15, 0.2) is 0 Å². The van der Waals surface area contributed by atoms with Crippen molar-refractivity contribution in [1.82, 2.24) is 9.88 Å². The lowest BCUT2D eigenvalue weighted by Crippen LogP contribution is -2.56. The first-order valence-corrected chi connectivity index (χ1v) is 12.2. The number of rotatable bonds is 3. The molecular formula is C24H30N2O2S. The summed E-state index contributed by atoms with van der Waals surface area (Å²) in [4.78, 5) is 20.2. The number of carbonyl (C=O) groups is 1. The molecule has 1 aromatic carbocycles. The van der Waals surface area contributed by atoms with E-state index >= 15 is 0 Å². The molecule has 2 unspecified atom stereocenters. The molecule has 154 valence electrons. The third-order valence-corrected chi connectivity index (χ3v) is 9.38. The lowest BCUT2D eigenvalue weighted by Gasteiger charge is -2.60. The fraction of sp³-hybridized carbons (Fsp3) is 0.667. The first-order valence-electron chi connectivity index (χ1n) is 11.3. The first-order chi connectivity index (χ1) is 14.0. The van der Waals surface area contributed by atoms with Gasteiger partial charge in [0.25, 0.3) is 0 Å². The van der Waals surface area contributed by atoms with Crippen LogP contribution < -0.4 is 0 Å². The van der Waals surface area contributed by atoms with Gasteiger partial charge in [-0.1, -0.05) is 12.1 Å². The number of likely N-dealkylation sites (tertiary alicyclic amines) is 1. The summed E-state index contributed by atoms with van der Waals surface area (Å²) in [7, 11) is 0. The largest absolute Gasteiger partial charge is 0.390 e. The van der Waals surface area contributed by atoms with Crippen LogP contribution in [-0.4, -0.2) is 39.6 Å². The second-order valence-corrected chi connectivity index (χ2v) is 11.6. The van der Waals surface area contributed by atoms with Gasteiger partial charge in [-0.2, -0.15) is 0 Å². The second kappa shape index (κ2) is 6.52. The van der Waals surface area contributed by atoms with E-state index in [4.69, 9.17) is 4.98 Å². The smallest absolute Gasteiger partial charge is 0.223 e. The Morgan fingerprint density at radius 2 is 1.86 bits per heavy atom. The summed E-state index contributed by atoms with van der Waals surface area (Å²) in [5.74, 6) is 2.12. The topological polar surface area (TPSA) is 53.4 Å². The predicted octanol–water partition coefficient (Wildman–Crippen LogP) is 4.72. The maximum absolute atomic E-state index is 13.2. The van der Waals surface area contributed by atoms with Gasteiger partial charge in [0.2, 0.25) is 5.91 Å². The highest BCUT2D eigenvalue weighted by molar-refractivity contribution is 7.18. The van der Waals surface area contributed by atoms with Crippen LogP contribution in [0.4, 0.5) is 0 Å². The molecule has 2 heterocycles. The van der Waals surface area contributed by atoms with Crippen molar-refractivity contribution in [3.63, 3.8) is 0 Å². The van der Waals surface area contributed by atoms with E-state index in [-0.39, 0.29) is 5.41 Å². The van der Waals surface area contributed by atoms with Gasteiger partial charge in [0.1, 0.15) is 0 Å². The molecule has 0 spiro atoms. The number of carbonyl (C=O) groups excluding carboxylic acids is 1. The van der Waals surface area contributed by atoms with E-state index in [0.717, 1.165) is 50.7 Å². The van der Waals surface area contributed by atoms with Crippen molar-refractivity contribution in [3.05, 3.63) is 29.3 Å². The van der Waals surface area contributed by atoms with E-state index in [1.807, 2.05) is 17.4 Å². The van der Waals surface area contributed by atoms with Crippen LogP contribution in [0.1, 0.15) is 68.7 Å². The molecule has 1 amide bonds. The van der Waals surface area contributed by atoms with Gasteiger partial charge in [-0.25, -0.2) is 4.98 Å². The molecule has 5 heteroatoms. The number of hydrogen-bond donors (Lipinski definition) is 1. The first kappa shape index (κ1) is 18.3. The number of thiazole rings is 1. The van der Waals surface area contributed by atoms with Crippen molar-refractivity contribution in [3.8, 4) is 0 Å². The molecule has 4 aliphatic carbocycles. The molecule has 1 saturated heterocycles. The molecule has 4 bridgehead atoms. The van der Waals surface area contributed by atoms with E-state index in [0.29, 0.717) is 30.1 Å². The van der Waals surface area contributed by atoms with Gasteiger partial charge in [-0.05, 0) is 80.8 Å². The number of aliphatic hydroxyl groups is 1. The molecule has 1 N–H and O–H groups in total. The van der Waals surface area contributed by atoms with Gasteiger partial charge in [0, 0.05) is 25.4 Å². The fourth-order valence-electron chi connectivity index (χ4n) is 7.48. The van der Waals surface area contributed by atoms with Crippen LogP contribution >= 0.6 is 11.3 Å². The van der Waals surface area contributed by atoms with Crippen molar-refractivity contribution in [1.29, 1.82) is 0 Å². The molecule has 4 saturated carbocycles. The van der Waals surface area contributed by atoms with Crippen LogP contribution in [0.3, 0.4) is 0 Å². The Morgan fingerprint density at radius 1 is 1.14 bits per heavy atom. The Kier molecular flexibility index (Phi) is 4.12. The Labute approximate surface area is 176 Å². The number of piperidine rings is 1. The van der Waals surface area contributed by atoms with Gasteiger partial charge in [0.05, 0.1) is 20.8 Å². The molecule has 4 atom stereocenters. The molecule has 0 radical (unpaired) electrons. The molecule has 7 rings (SSSR count). The van der Waals surface area contributed by atoms with E-state index in [2.05, 4.69) is 23.1 Å². The monoisotopic (exact) mass is 410 g/mol. The number of fused-ring (bicyclic) bond motifs is 1. The van der Waals surface area contributed by atoms with Crippen molar-refractivity contribution in [2.24, 2.45) is 17.3 Å². The van der Waals surface area contributed by atoms with Gasteiger partial charge >= 0.3 is 0 Å². The van der Waals surface area contributed by atoms with Crippen molar-refractivity contribution >= 4 is 27.5 Å². The highest BCUT2D eigenvalue weighted by Crippen LogP contribution is 2.63. The maximum Gasteiger partial charge on any atom is 0.223 e. The molecular weight excluding hydrogens is 380 g/mol. The molecule has 5 aliphatic rings. The minimum Gasteiger partial charge on any atom is -0.390 e. The minimum atomic E-state index is -0.468. The van der Waals surface area contributed by atoms with Crippen LogP contribution in [0.2, 0.25) is 0 Å². The fourth-order valence-corrected chi connectivity index (χ4v) is 8.62. The summed E-state index contributed by atoms with van der Waals surface area (Å²) in [5.41, 5.74) is 0.718. The van der Waals surface area contributed by atoms with Crippen LogP contribution in [0.25, 0.3) is 10.2 Å². The Balaban J connectivity index is 1.11. The number of amides is 1. The molecule has 29 heavy (non-hydrogen) atoms. The highest BCUT2D eigenvalue weighted by atomic mass is 32.1. The predicted molar refractivity (Wildman–Crippen MR) is 115 cm³/mol. The van der Waals surface area contributed by atoms with E-state index in [1.54, 1.807) is 0 Å². The summed E-state index contributed by atoms with van der Waals surface area (Å²) in [6.45, 7) is 1.71. The number of aromatic nitrogens is 1. The molecule has 2 aromatic rings. The zero-order valence-electron chi connectivity index (χ0n) is 17.0. The van der Waals surface area contributed by atoms with Crippen LogP contribution in [0, 0.1) is 17.3 Å². The van der Waals surface area contributed by atoms with Crippen LogP contribution in [0.5, 0.6) is 0 Å². The third-order valence-electron chi connectivity index (χ3n) is 8.18. The van der Waals surface area contributed by atoms with Gasteiger partial charge < -0.3 is 10.0 Å². The normalized spacial score (nSPS) is 36.8. The SMILES string of the molecule is O=C(CC12C[C@@H]3C[C@@H](CC(O)(C3)C1)C2)N1CCC(c2nc3ccccc3s2)CC1. The number of benzene rings is 1. The van der Waals surface area contributed by atoms with E-state index < -0.39 is 5.60 Å². The van der Waals surface area contributed by atoms with E-state index in [1.165, 1.54) is 29.0 Å². The zero-order chi connectivity index (χ0) is 19.6. The molecule has 1 aromatic heterocycles. The standard InChI is InChI=1S/C24H30N2O2S/c27-21(14-23-10-16-9-17(11-23)13-24(28,12-16)15-23)26-7-5-18(6-8-26)22-25-19-3-1-2-4-20(19)29-22/h1-4,16-18,28H,5-15H2/t16-,17+,23?,24?. The minimum absolute atomic E-state index is 0.0831. The van der Waals surface area contributed by atoms with Crippen molar-refractivity contribution < 1.29 is 9.90 Å². The number of para-hydroxylation sites is 1. The Hall–Kier alpha value is -1.46. The Bertz CT molecular complexity index is 898. The molecule has 4 nitrogen and oxygen atoms in total. The summed E-state index contributed by atoms with van der Waals surface area (Å²) in [5, 5.41) is 12.2. The van der Waals surface area contributed by atoms with Crippen LogP contribution in [-0.2, 0) is 4.79 Å². The van der Waals surface area contributed by atoms with Gasteiger partial charge in [-0.3, -0.25) is 4.79 Å². The van der Waals surface area contributed by atoms with E-state index in [9.17, 15) is 9.90 Å². The van der Waals surface area contributed by atoms with Crippen molar-refractivity contribution in [2.45, 2.75) is 69.3 Å². The Morgan fingerprint density at radius 3 is 2.55 bits per heavy atom. The summed E-state index contributed by atoms with van der Waals surface area (Å²) < 4.78 is 1.26. The zero-order valence-corrected chi connectivity index (χ0v) is 17.8. The summed E-state index contributed by atoms with van der Waals surface area (Å²) >= 11 is 1.81. The molecule has 1 aliphatic heterocycles. The number of hydrogen-bond acceptors (Lipinski definition) is 4. The van der Waals surface area contributed by atoms with Crippen LogP contribution in [0.15, 0.2) is 24.3 Å². The maximum atomic E-state index is 13.2. The second-order valence-electron chi connectivity index (χ2n) is 10.5. The quantitative estimate of drug-likeness (QED) is 0.796. The molecule has 5 fully saturated rings. The third kappa shape index (κ3) is 3.21. The lowest BCUT2D eigenvalue weighted by molar-refractivity contribution is -0.172. The van der Waals surface area contributed by atoms with Crippen molar-refractivity contribution in [2.75, 3.05) is 13.1 Å². The summed E-state index contributed by atoms with van der Waals surface area (Å²) in [6, 6.07) is 8.36. The van der Waals surface area contributed by atoms with Gasteiger partial charge in [-0.15, -0.1) is 11.3 Å². The summed E-state index contributed by atoms with van der Waals surface area (Å²) in [6.07, 6.45) is 9.14. The number of nitrogens with zero attached hydrogens (tertiary/aromatic N) is 2. The average Bonchev–Trinajstić information content (AvgIpc) is 3.10. The lowest BCUT2D eigenvalue weighted by atomic mass is 9.47. The average molecular weight is 411 g/mol. The highest BCUT2D eigenvalue weighted by Gasteiger charge is 2.57.